The third kappa shape index (κ3) is 2.83. The third-order valence-electron chi connectivity index (χ3n) is 3.57. The van der Waals surface area contributed by atoms with Crippen LogP contribution in [0.25, 0.3) is 22.3 Å². The second-order valence-corrected chi connectivity index (χ2v) is 5.74. The standard InChI is InChI=1S/C19H15ClO2/c1-12-3-5-15(6-4-12)18-17(11-13(2)22-19(18)21)14-7-9-16(20)10-8-14/h3-11H,1-2H3. The van der Waals surface area contributed by atoms with Crippen LogP contribution in [0.5, 0.6) is 0 Å². The minimum atomic E-state index is -0.325. The van der Waals surface area contributed by atoms with Gasteiger partial charge in [0, 0.05) is 10.6 Å². The number of halogens is 1. The molecule has 0 bridgehead atoms. The van der Waals surface area contributed by atoms with Crippen LogP contribution in [-0.4, -0.2) is 0 Å². The van der Waals surface area contributed by atoms with Gasteiger partial charge in [0.1, 0.15) is 5.76 Å². The van der Waals surface area contributed by atoms with Gasteiger partial charge in [-0.1, -0.05) is 53.6 Å². The minimum Gasteiger partial charge on any atom is -0.428 e. The highest BCUT2D eigenvalue weighted by molar-refractivity contribution is 6.30. The summed E-state index contributed by atoms with van der Waals surface area (Å²) >= 11 is 5.96. The summed E-state index contributed by atoms with van der Waals surface area (Å²) in [5.74, 6) is 0.589. The van der Waals surface area contributed by atoms with Crippen LogP contribution in [0.1, 0.15) is 11.3 Å². The van der Waals surface area contributed by atoms with Crippen molar-refractivity contribution in [2.75, 3.05) is 0 Å². The Kier molecular flexibility index (Phi) is 3.86. The first-order valence-corrected chi connectivity index (χ1v) is 7.40. The summed E-state index contributed by atoms with van der Waals surface area (Å²) in [6.45, 7) is 3.79. The van der Waals surface area contributed by atoms with E-state index in [1.165, 1.54) is 0 Å². The molecule has 0 N–H and O–H groups in total. The maximum absolute atomic E-state index is 12.4. The van der Waals surface area contributed by atoms with Crippen LogP contribution in [0, 0.1) is 13.8 Å². The van der Waals surface area contributed by atoms with Gasteiger partial charge in [-0.3, -0.25) is 0 Å². The van der Waals surface area contributed by atoms with E-state index in [0.717, 1.165) is 22.3 Å². The largest absolute Gasteiger partial charge is 0.428 e. The molecule has 0 aliphatic heterocycles. The highest BCUT2D eigenvalue weighted by Crippen LogP contribution is 2.31. The number of hydrogen-bond donors (Lipinski definition) is 0. The van der Waals surface area contributed by atoms with E-state index in [1.54, 1.807) is 6.92 Å². The van der Waals surface area contributed by atoms with Crippen LogP contribution in [0.15, 0.2) is 63.8 Å². The van der Waals surface area contributed by atoms with Gasteiger partial charge in [0.25, 0.3) is 0 Å². The number of rotatable bonds is 2. The molecule has 110 valence electrons. The Bertz CT molecular complexity index is 859. The summed E-state index contributed by atoms with van der Waals surface area (Å²) in [7, 11) is 0. The number of hydrogen-bond acceptors (Lipinski definition) is 2. The van der Waals surface area contributed by atoms with E-state index in [1.807, 2.05) is 61.5 Å². The molecule has 0 aliphatic rings. The van der Waals surface area contributed by atoms with Gasteiger partial charge in [-0.2, -0.15) is 0 Å². The van der Waals surface area contributed by atoms with Gasteiger partial charge in [-0.05, 0) is 43.2 Å². The maximum Gasteiger partial charge on any atom is 0.344 e. The number of benzene rings is 2. The van der Waals surface area contributed by atoms with Crippen LogP contribution >= 0.6 is 11.6 Å². The van der Waals surface area contributed by atoms with Crippen molar-refractivity contribution in [3.63, 3.8) is 0 Å². The fourth-order valence-electron chi connectivity index (χ4n) is 2.46. The molecule has 0 saturated carbocycles. The van der Waals surface area contributed by atoms with E-state index in [-0.39, 0.29) is 5.63 Å². The smallest absolute Gasteiger partial charge is 0.344 e. The maximum atomic E-state index is 12.4. The van der Waals surface area contributed by atoms with Gasteiger partial charge in [0.2, 0.25) is 0 Å². The topological polar surface area (TPSA) is 30.2 Å². The van der Waals surface area contributed by atoms with E-state index in [2.05, 4.69) is 0 Å². The molecule has 1 aromatic heterocycles. The second-order valence-electron chi connectivity index (χ2n) is 5.31. The van der Waals surface area contributed by atoms with Crippen molar-refractivity contribution in [2.24, 2.45) is 0 Å². The molecule has 0 spiro atoms. The molecule has 0 unspecified atom stereocenters. The zero-order valence-corrected chi connectivity index (χ0v) is 13.1. The van der Waals surface area contributed by atoms with Crippen molar-refractivity contribution < 1.29 is 4.42 Å². The molecular formula is C19H15ClO2. The molecule has 3 aromatic rings. The van der Waals surface area contributed by atoms with Crippen molar-refractivity contribution in [3.8, 4) is 22.3 Å². The van der Waals surface area contributed by atoms with Crippen LogP contribution in [-0.2, 0) is 0 Å². The number of aryl methyl sites for hydroxylation is 2. The lowest BCUT2D eigenvalue weighted by Crippen LogP contribution is -2.06. The van der Waals surface area contributed by atoms with Crippen molar-refractivity contribution in [1.82, 2.24) is 0 Å². The summed E-state index contributed by atoms with van der Waals surface area (Å²) < 4.78 is 5.30. The average Bonchev–Trinajstić information content (AvgIpc) is 2.49. The van der Waals surface area contributed by atoms with Crippen LogP contribution in [0.4, 0.5) is 0 Å². The summed E-state index contributed by atoms with van der Waals surface area (Å²) in [6.07, 6.45) is 0. The molecule has 3 heteroatoms. The Hall–Kier alpha value is -2.32. The van der Waals surface area contributed by atoms with Crippen molar-refractivity contribution >= 4 is 11.6 Å². The van der Waals surface area contributed by atoms with Crippen molar-refractivity contribution in [1.29, 1.82) is 0 Å². The molecule has 0 fully saturated rings. The summed E-state index contributed by atoms with van der Waals surface area (Å²) in [4.78, 5) is 12.4. The Morgan fingerprint density at radius 1 is 0.864 bits per heavy atom. The van der Waals surface area contributed by atoms with Gasteiger partial charge >= 0.3 is 5.63 Å². The lowest BCUT2D eigenvalue weighted by atomic mass is 9.96. The predicted octanol–water partition coefficient (Wildman–Crippen LogP) is 5.24. The lowest BCUT2D eigenvalue weighted by Gasteiger charge is -2.10. The highest BCUT2D eigenvalue weighted by atomic mass is 35.5. The molecule has 0 aliphatic carbocycles. The Morgan fingerprint density at radius 3 is 2.09 bits per heavy atom. The van der Waals surface area contributed by atoms with Crippen LogP contribution < -0.4 is 5.63 Å². The molecule has 3 rings (SSSR count). The Labute approximate surface area is 134 Å². The first-order valence-electron chi connectivity index (χ1n) is 7.02. The molecule has 1 heterocycles. The fraction of sp³-hybridized carbons (Fsp3) is 0.105. The predicted molar refractivity (Wildman–Crippen MR) is 90.3 cm³/mol. The Morgan fingerprint density at radius 2 is 1.45 bits per heavy atom. The normalized spacial score (nSPS) is 10.7. The quantitative estimate of drug-likeness (QED) is 0.647. The molecule has 2 aromatic carbocycles. The molecule has 2 nitrogen and oxygen atoms in total. The highest BCUT2D eigenvalue weighted by Gasteiger charge is 2.14. The van der Waals surface area contributed by atoms with Crippen LogP contribution in [0.3, 0.4) is 0 Å². The molecule has 0 amide bonds. The molecule has 0 atom stereocenters. The molecular weight excluding hydrogens is 296 g/mol. The average molecular weight is 311 g/mol. The molecule has 22 heavy (non-hydrogen) atoms. The fourth-order valence-corrected chi connectivity index (χ4v) is 2.59. The lowest BCUT2D eigenvalue weighted by molar-refractivity contribution is 0.483. The van der Waals surface area contributed by atoms with E-state index in [9.17, 15) is 4.79 Å². The zero-order valence-electron chi connectivity index (χ0n) is 12.4. The van der Waals surface area contributed by atoms with E-state index < -0.39 is 0 Å². The van der Waals surface area contributed by atoms with Crippen LogP contribution in [0.2, 0.25) is 5.02 Å². The summed E-state index contributed by atoms with van der Waals surface area (Å²) in [5, 5.41) is 0.667. The van der Waals surface area contributed by atoms with Gasteiger partial charge in [0.15, 0.2) is 0 Å². The van der Waals surface area contributed by atoms with Gasteiger partial charge in [0.05, 0.1) is 5.56 Å². The van der Waals surface area contributed by atoms with Gasteiger partial charge in [-0.15, -0.1) is 0 Å². The molecule has 0 saturated heterocycles. The third-order valence-corrected chi connectivity index (χ3v) is 3.82. The molecule has 0 radical (unpaired) electrons. The summed E-state index contributed by atoms with van der Waals surface area (Å²) in [6, 6.07) is 17.2. The second kappa shape index (κ2) is 5.82. The van der Waals surface area contributed by atoms with Crippen molar-refractivity contribution in [2.45, 2.75) is 13.8 Å². The van der Waals surface area contributed by atoms with E-state index >= 15 is 0 Å². The summed E-state index contributed by atoms with van der Waals surface area (Å²) in [5.41, 5.74) is 4.05. The monoisotopic (exact) mass is 310 g/mol. The van der Waals surface area contributed by atoms with E-state index in [0.29, 0.717) is 16.3 Å². The van der Waals surface area contributed by atoms with Gasteiger partial charge < -0.3 is 4.42 Å². The van der Waals surface area contributed by atoms with Gasteiger partial charge in [-0.25, -0.2) is 4.79 Å². The SMILES string of the molecule is Cc1ccc(-c2c(-c3ccc(Cl)cc3)cc(C)oc2=O)cc1. The first kappa shape index (κ1) is 14.6. The Balaban J connectivity index is 2.27. The zero-order chi connectivity index (χ0) is 15.7. The van der Waals surface area contributed by atoms with E-state index in [4.69, 9.17) is 16.0 Å². The minimum absolute atomic E-state index is 0.325. The van der Waals surface area contributed by atoms with Crippen molar-refractivity contribution in [3.05, 3.63) is 81.4 Å². The first-order chi connectivity index (χ1) is 10.5.